The Morgan fingerprint density at radius 1 is 0.288 bits per heavy atom. The Morgan fingerprint density at radius 2 is 0.788 bits per heavy atom. The van der Waals surface area contributed by atoms with Crippen molar-refractivity contribution in [1.82, 2.24) is 0 Å². The molecule has 242 valence electrons. The fourth-order valence-electron chi connectivity index (χ4n) is 7.64. The minimum absolute atomic E-state index is 0.0146. The zero-order valence-corrected chi connectivity index (χ0v) is 28.1. The quantitative estimate of drug-likeness (QED) is 0.161. The molecule has 0 spiro atoms. The number of fused-ring (bicyclic) bond motifs is 4. The summed E-state index contributed by atoms with van der Waals surface area (Å²) in [4.78, 5) is 0. The van der Waals surface area contributed by atoms with Gasteiger partial charge in [0.25, 0.3) is 0 Å². The molecule has 0 heteroatoms. The predicted octanol–water partition coefficient (Wildman–Crippen LogP) is 14.6. The van der Waals surface area contributed by atoms with Gasteiger partial charge in [0.15, 0.2) is 0 Å². The van der Waals surface area contributed by atoms with Crippen LogP contribution in [0.2, 0.25) is 0 Å². The molecule has 0 amide bonds. The summed E-state index contributed by atoms with van der Waals surface area (Å²) in [5, 5.41) is 4.68. The van der Waals surface area contributed by atoms with Crippen molar-refractivity contribution in [2.45, 2.75) is 0 Å². The van der Waals surface area contributed by atoms with E-state index in [0.29, 0.717) is 38.6 Å². The highest BCUT2D eigenvalue weighted by Gasteiger charge is 2.19. The summed E-state index contributed by atoms with van der Waals surface area (Å²) < 4.78 is 66.9. The average molecular weight is 666 g/mol. The minimum atomic E-state index is -0.391. The summed E-state index contributed by atoms with van der Waals surface area (Å²) in [6, 6.07) is 52.0. The molecule has 0 N–H and O–H groups in total. The summed E-state index contributed by atoms with van der Waals surface area (Å²) >= 11 is 0. The van der Waals surface area contributed by atoms with E-state index in [1.807, 2.05) is 127 Å². The predicted molar refractivity (Wildman–Crippen MR) is 224 cm³/mol. The maximum atomic E-state index is 10.2. The topological polar surface area (TPSA) is 0 Å². The van der Waals surface area contributed by atoms with Gasteiger partial charge in [0.05, 0.1) is 9.60 Å². The lowest BCUT2D eigenvalue weighted by Gasteiger charge is -2.20. The van der Waals surface area contributed by atoms with E-state index in [-0.39, 0.29) is 52.6 Å². The Labute approximate surface area is 313 Å². The second kappa shape index (κ2) is 12.5. The van der Waals surface area contributed by atoms with Crippen LogP contribution in [0.4, 0.5) is 0 Å². The molecule has 0 saturated heterocycles. The van der Waals surface area contributed by atoms with Crippen molar-refractivity contribution in [1.29, 1.82) is 0 Å². The molecule has 0 aliphatic heterocycles. The molecule has 10 aromatic carbocycles. The van der Waals surface area contributed by atoms with Gasteiger partial charge < -0.3 is 0 Å². The van der Waals surface area contributed by atoms with E-state index in [2.05, 4.69) is 36.4 Å². The second-order valence-electron chi connectivity index (χ2n) is 13.1. The van der Waals surface area contributed by atoms with Gasteiger partial charge in [-0.05, 0) is 111 Å². The van der Waals surface area contributed by atoms with Crippen LogP contribution in [0.3, 0.4) is 0 Å². The monoisotopic (exact) mass is 665 g/mol. The molecule has 10 aromatic rings. The van der Waals surface area contributed by atoms with Gasteiger partial charge in [-0.3, -0.25) is 0 Å². The first-order valence-corrected chi connectivity index (χ1v) is 17.4. The molecule has 0 aromatic heterocycles. The van der Waals surface area contributed by atoms with E-state index in [1.54, 1.807) is 0 Å². The van der Waals surface area contributed by atoms with Gasteiger partial charge in [-0.15, -0.1) is 0 Å². The molecule has 0 saturated carbocycles. The van der Waals surface area contributed by atoms with Crippen LogP contribution < -0.4 is 0 Å². The highest BCUT2D eigenvalue weighted by molar-refractivity contribution is 6.24. The van der Waals surface area contributed by atoms with Gasteiger partial charge in [-0.25, -0.2) is 0 Å². The maximum Gasteiger partial charge on any atom is 0.0636 e. The van der Waals surface area contributed by atoms with Crippen LogP contribution in [0, 0.1) is 0 Å². The smallest absolute Gasteiger partial charge is 0.0622 e. The Morgan fingerprint density at radius 3 is 1.52 bits per heavy atom. The molecular formula is C52H34. The number of rotatable bonds is 5. The lowest BCUT2D eigenvalue weighted by Crippen LogP contribution is -1.93. The van der Waals surface area contributed by atoms with E-state index in [4.69, 9.17) is 2.74 Å². The van der Waals surface area contributed by atoms with E-state index in [9.17, 15) is 6.85 Å². The Balaban J connectivity index is 1.38. The fourth-order valence-corrected chi connectivity index (χ4v) is 7.64. The van der Waals surface area contributed by atoms with Gasteiger partial charge in [0, 0.05) is 0 Å². The Kier molecular flexibility index (Phi) is 5.69. The first-order valence-electron chi connectivity index (χ1n) is 20.9. The van der Waals surface area contributed by atoms with E-state index < -0.39 is 6.04 Å². The standard InChI is InChI=1S/C52H34/c1-2-13-35(14-3-1)36-27-29-37(30-28-36)40-19-10-20-42(33-40)51-47-23-8-9-24-48(47)52(46-26-12-18-39-16-5-7-22-44(39)46)49-32-31-41(34-50(49)51)45-25-11-17-38-15-4-6-21-43(38)45/h1-34H/i8D,9D,23D,24D,31D,32D,34D. The maximum absolute atomic E-state index is 10.2. The zero-order valence-electron chi connectivity index (χ0n) is 35.1. The summed E-state index contributed by atoms with van der Waals surface area (Å²) in [5.41, 5.74) is 7.08. The summed E-state index contributed by atoms with van der Waals surface area (Å²) in [6.07, 6.45) is 0. The molecule has 0 unspecified atom stereocenters. The number of benzene rings is 10. The third kappa shape index (κ3) is 5.08. The molecule has 0 bridgehead atoms. The van der Waals surface area contributed by atoms with Gasteiger partial charge in [0.2, 0.25) is 0 Å². The third-order valence-corrected chi connectivity index (χ3v) is 10.1. The van der Waals surface area contributed by atoms with E-state index in [1.165, 1.54) is 0 Å². The number of hydrogen-bond acceptors (Lipinski definition) is 0. The fraction of sp³-hybridized carbons (Fsp3) is 0. The van der Waals surface area contributed by atoms with Crippen LogP contribution in [0.5, 0.6) is 0 Å². The van der Waals surface area contributed by atoms with Crippen molar-refractivity contribution in [2.24, 2.45) is 0 Å². The van der Waals surface area contributed by atoms with Gasteiger partial charge in [0.1, 0.15) is 0 Å². The Hall–Kier alpha value is -6.76. The lowest BCUT2D eigenvalue weighted by atomic mass is 9.83. The molecule has 0 fully saturated rings. The van der Waals surface area contributed by atoms with E-state index >= 15 is 0 Å². The zero-order chi connectivity index (χ0) is 40.5. The molecule has 0 atom stereocenters. The summed E-state index contributed by atoms with van der Waals surface area (Å²) in [6.45, 7) is 0. The first-order chi connectivity index (χ1) is 28.7. The van der Waals surface area contributed by atoms with Crippen molar-refractivity contribution in [2.75, 3.05) is 0 Å². The normalized spacial score (nSPS) is 13.3. The molecule has 52 heavy (non-hydrogen) atoms. The highest BCUT2D eigenvalue weighted by Crippen LogP contribution is 2.47. The van der Waals surface area contributed by atoms with Crippen LogP contribution in [0.25, 0.3) is 98.7 Å². The minimum Gasteiger partial charge on any atom is -0.0622 e. The third-order valence-electron chi connectivity index (χ3n) is 10.1. The van der Waals surface area contributed by atoms with Crippen LogP contribution in [-0.2, 0) is 0 Å². The SMILES string of the molecule is [2H]c1c([2H])c([2H])c2c(-c3cccc4ccccc34)c3c([2H])c([2H])c(-c4cccc5ccccc45)c([2H])c3c(-c3cccc(-c4ccc(-c5ccccc5)cc4)c3)c2c1[2H]. The van der Waals surface area contributed by atoms with Crippen molar-refractivity contribution < 1.29 is 9.60 Å². The summed E-state index contributed by atoms with van der Waals surface area (Å²) in [7, 11) is 0. The van der Waals surface area contributed by atoms with Crippen LogP contribution in [0.1, 0.15) is 9.60 Å². The van der Waals surface area contributed by atoms with Gasteiger partial charge in [-0.2, -0.15) is 0 Å². The Bertz CT molecular complexity index is 3330. The van der Waals surface area contributed by atoms with Crippen molar-refractivity contribution >= 4 is 43.1 Å². The number of hydrogen-bond donors (Lipinski definition) is 0. The average Bonchev–Trinajstić information content (AvgIpc) is 3.29. The molecular weight excluding hydrogens is 625 g/mol. The molecule has 0 nitrogen and oxygen atoms in total. The molecule has 0 aliphatic rings. The van der Waals surface area contributed by atoms with Crippen molar-refractivity contribution in [3.63, 3.8) is 0 Å². The molecule has 0 aliphatic carbocycles. The van der Waals surface area contributed by atoms with Crippen LogP contribution >= 0.6 is 0 Å². The summed E-state index contributed by atoms with van der Waals surface area (Å²) in [5.74, 6) is 0. The van der Waals surface area contributed by atoms with Crippen LogP contribution in [-0.4, -0.2) is 0 Å². The first kappa shape index (κ1) is 23.6. The highest BCUT2D eigenvalue weighted by atomic mass is 14.2. The van der Waals surface area contributed by atoms with E-state index in [0.717, 1.165) is 43.8 Å². The molecule has 10 rings (SSSR count). The van der Waals surface area contributed by atoms with Crippen molar-refractivity contribution in [3.8, 4) is 55.6 Å². The molecule has 0 heterocycles. The second-order valence-corrected chi connectivity index (χ2v) is 13.1. The lowest BCUT2D eigenvalue weighted by molar-refractivity contribution is 1.58. The molecule has 0 radical (unpaired) electrons. The van der Waals surface area contributed by atoms with Gasteiger partial charge in [-0.1, -0.05) is 194 Å². The van der Waals surface area contributed by atoms with Crippen LogP contribution in [0.15, 0.2) is 206 Å². The van der Waals surface area contributed by atoms with Crippen molar-refractivity contribution in [3.05, 3.63) is 206 Å². The largest absolute Gasteiger partial charge is 0.0636 e. The van der Waals surface area contributed by atoms with Gasteiger partial charge >= 0.3 is 0 Å².